The van der Waals surface area contributed by atoms with Crippen molar-refractivity contribution in [2.45, 2.75) is 11.0 Å². The van der Waals surface area contributed by atoms with E-state index in [-0.39, 0.29) is 48.4 Å². The number of nitro groups is 1. The van der Waals surface area contributed by atoms with Gasteiger partial charge in [-0.25, -0.2) is 8.42 Å². The van der Waals surface area contributed by atoms with Crippen molar-refractivity contribution in [2.24, 2.45) is 0 Å². The number of rotatable bonds is 8. The van der Waals surface area contributed by atoms with Gasteiger partial charge in [0, 0.05) is 44.1 Å². The number of nitrogens with zero attached hydrogens (tertiary/aromatic N) is 3. The Hall–Kier alpha value is -2.47. The van der Waals surface area contributed by atoms with E-state index < -0.39 is 21.1 Å². The number of carbonyl (C=O) groups excluding carboxylic acids is 1. The molecule has 0 radical (unpaired) electrons. The molecule has 0 spiro atoms. The first-order chi connectivity index (χ1) is 14.8. The molecule has 9 nitrogen and oxygen atoms in total. The van der Waals surface area contributed by atoms with Crippen molar-refractivity contribution in [3.8, 4) is 0 Å². The lowest BCUT2D eigenvalue weighted by molar-refractivity contribution is -0.385. The molecule has 0 saturated carbocycles. The standard InChI is InChI=1S/C20H23N3O6S2/c24-19(16-5-2-1-3-6-16)14-30-15-20(25)21-9-11-22(12-10-21)31(28,29)18-8-4-7-17(13-18)23(26)27/h1-8,13,19,24H,9-12,14-15H2. The molecule has 1 amide bonds. The van der Waals surface area contributed by atoms with Crippen molar-refractivity contribution in [1.82, 2.24) is 9.21 Å². The number of hydrogen-bond donors (Lipinski definition) is 1. The molecule has 1 aliphatic heterocycles. The van der Waals surface area contributed by atoms with Gasteiger partial charge in [-0.05, 0) is 11.6 Å². The fourth-order valence-corrected chi connectivity index (χ4v) is 5.56. The molecule has 1 heterocycles. The van der Waals surface area contributed by atoms with Gasteiger partial charge in [0.2, 0.25) is 15.9 Å². The molecule has 11 heteroatoms. The first kappa shape index (κ1) is 23.2. The summed E-state index contributed by atoms with van der Waals surface area (Å²) in [5.41, 5.74) is 0.507. The Kier molecular flexibility index (Phi) is 7.65. The zero-order valence-electron chi connectivity index (χ0n) is 16.7. The number of piperazine rings is 1. The summed E-state index contributed by atoms with van der Waals surface area (Å²) in [6.45, 7) is 0.728. The normalized spacial score (nSPS) is 16.1. The number of non-ortho nitro benzene ring substituents is 1. The number of benzene rings is 2. The fraction of sp³-hybridized carbons (Fsp3) is 0.350. The van der Waals surface area contributed by atoms with E-state index in [1.54, 1.807) is 4.90 Å². The predicted molar refractivity (Wildman–Crippen MR) is 117 cm³/mol. The molecule has 3 rings (SSSR count). The highest BCUT2D eigenvalue weighted by atomic mass is 32.2. The minimum absolute atomic E-state index is 0.113. The van der Waals surface area contributed by atoms with E-state index in [1.165, 1.54) is 34.3 Å². The summed E-state index contributed by atoms with van der Waals surface area (Å²) in [5, 5.41) is 21.1. The van der Waals surface area contributed by atoms with Crippen molar-refractivity contribution < 1.29 is 23.2 Å². The largest absolute Gasteiger partial charge is 0.388 e. The zero-order valence-corrected chi connectivity index (χ0v) is 18.3. The molecule has 2 aromatic carbocycles. The van der Waals surface area contributed by atoms with E-state index in [1.807, 2.05) is 30.3 Å². The molecule has 0 aliphatic carbocycles. The molecule has 1 unspecified atom stereocenters. The second-order valence-electron chi connectivity index (χ2n) is 6.98. The maximum atomic E-state index is 12.8. The highest BCUT2D eigenvalue weighted by molar-refractivity contribution is 7.99. The van der Waals surface area contributed by atoms with Gasteiger partial charge < -0.3 is 10.0 Å². The lowest BCUT2D eigenvalue weighted by atomic mass is 10.1. The summed E-state index contributed by atoms with van der Waals surface area (Å²) >= 11 is 1.33. The number of sulfonamides is 1. The SMILES string of the molecule is O=C(CSCC(O)c1ccccc1)N1CCN(S(=O)(=O)c2cccc([N+](=O)[O-])c2)CC1. The summed E-state index contributed by atoms with van der Waals surface area (Å²) in [5.74, 6) is 0.468. The van der Waals surface area contributed by atoms with Crippen LogP contribution in [0.3, 0.4) is 0 Å². The Morgan fingerprint density at radius 3 is 2.42 bits per heavy atom. The molecular formula is C20H23N3O6S2. The third-order valence-corrected chi connectivity index (χ3v) is 7.84. The monoisotopic (exact) mass is 465 g/mol. The maximum absolute atomic E-state index is 12.8. The van der Waals surface area contributed by atoms with Gasteiger partial charge in [-0.1, -0.05) is 36.4 Å². The van der Waals surface area contributed by atoms with Gasteiger partial charge in [0.25, 0.3) is 5.69 Å². The van der Waals surface area contributed by atoms with Crippen LogP contribution in [0.4, 0.5) is 5.69 Å². The van der Waals surface area contributed by atoms with Crippen molar-refractivity contribution in [1.29, 1.82) is 0 Å². The predicted octanol–water partition coefficient (Wildman–Crippen LogP) is 1.89. The first-order valence-electron chi connectivity index (χ1n) is 9.62. The summed E-state index contributed by atoms with van der Waals surface area (Å²) in [6, 6.07) is 14.2. The highest BCUT2D eigenvalue weighted by Gasteiger charge is 2.30. The van der Waals surface area contributed by atoms with Crippen LogP contribution in [0.15, 0.2) is 59.5 Å². The average molecular weight is 466 g/mol. The Balaban J connectivity index is 1.50. The van der Waals surface area contributed by atoms with Crippen LogP contribution in [0.2, 0.25) is 0 Å². The summed E-state index contributed by atoms with van der Waals surface area (Å²) in [6.07, 6.45) is -0.657. The molecule has 166 valence electrons. The summed E-state index contributed by atoms with van der Waals surface area (Å²) in [7, 11) is -3.87. The smallest absolute Gasteiger partial charge is 0.270 e. The molecule has 0 aromatic heterocycles. The molecular weight excluding hydrogens is 442 g/mol. The second-order valence-corrected chi connectivity index (χ2v) is 9.95. The average Bonchev–Trinajstić information content (AvgIpc) is 2.79. The molecule has 2 aromatic rings. The molecule has 0 bridgehead atoms. The molecule has 1 N–H and O–H groups in total. The quantitative estimate of drug-likeness (QED) is 0.467. The molecule has 31 heavy (non-hydrogen) atoms. The number of nitro benzene ring substituents is 1. The highest BCUT2D eigenvalue weighted by Crippen LogP contribution is 2.23. The van der Waals surface area contributed by atoms with Crippen molar-refractivity contribution in [3.63, 3.8) is 0 Å². The van der Waals surface area contributed by atoms with Crippen molar-refractivity contribution >= 4 is 33.4 Å². The van der Waals surface area contributed by atoms with Crippen molar-refractivity contribution in [3.05, 3.63) is 70.3 Å². The number of carbonyl (C=O) groups is 1. The molecule has 1 aliphatic rings. The van der Waals surface area contributed by atoms with Crippen LogP contribution in [0.5, 0.6) is 0 Å². The third-order valence-electron chi connectivity index (χ3n) is 4.94. The van der Waals surface area contributed by atoms with Gasteiger partial charge >= 0.3 is 0 Å². The Morgan fingerprint density at radius 1 is 1.10 bits per heavy atom. The first-order valence-corrected chi connectivity index (χ1v) is 12.2. The van der Waals surface area contributed by atoms with E-state index in [4.69, 9.17) is 0 Å². The van der Waals surface area contributed by atoms with Gasteiger partial charge in [0.1, 0.15) is 0 Å². The van der Waals surface area contributed by atoms with Crippen LogP contribution >= 0.6 is 11.8 Å². The minimum atomic E-state index is -3.87. The Bertz CT molecular complexity index is 1020. The number of hydrogen-bond acceptors (Lipinski definition) is 7. The second kappa shape index (κ2) is 10.2. The van der Waals surface area contributed by atoms with Gasteiger partial charge in [-0.15, -0.1) is 11.8 Å². The number of aliphatic hydroxyl groups is 1. The molecule has 1 fully saturated rings. The van der Waals surface area contributed by atoms with Crippen LogP contribution in [0, 0.1) is 10.1 Å². The summed E-state index contributed by atoms with van der Waals surface area (Å²) in [4.78, 5) is 24.2. The molecule has 1 atom stereocenters. The fourth-order valence-electron chi connectivity index (χ4n) is 3.21. The minimum Gasteiger partial charge on any atom is -0.388 e. The van der Waals surface area contributed by atoms with E-state index in [0.29, 0.717) is 5.75 Å². The van der Waals surface area contributed by atoms with Gasteiger partial charge in [-0.3, -0.25) is 14.9 Å². The number of thioether (sulfide) groups is 1. The lowest BCUT2D eigenvalue weighted by Gasteiger charge is -2.34. The topological polar surface area (TPSA) is 121 Å². The van der Waals surface area contributed by atoms with Crippen LogP contribution in [0.25, 0.3) is 0 Å². The van der Waals surface area contributed by atoms with E-state index in [0.717, 1.165) is 11.6 Å². The van der Waals surface area contributed by atoms with E-state index >= 15 is 0 Å². The van der Waals surface area contributed by atoms with Crippen LogP contribution in [-0.2, 0) is 14.8 Å². The zero-order chi connectivity index (χ0) is 22.4. The van der Waals surface area contributed by atoms with E-state index in [9.17, 15) is 28.4 Å². The van der Waals surface area contributed by atoms with Crippen LogP contribution in [0.1, 0.15) is 11.7 Å². The van der Waals surface area contributed by atoms with Crippen molar-refractivity contribution in [2.75, 3.05) is 37.7 Å². The van der Waals surface area contributed by atoms with Gasteiger partial charge in [0.05, 0.1) is 21.7 Å². The van der Waals surface area contributed by atoms with E-state index in [2.05, 4.69) is 0 Å². The van der Waals surface area contributed by atoms with Crippen LogP contribution in [-0.4, -0.2) is 71.2 Å². The lowest BCUT2D eigenvalue weighted by Crippen LogP contribution is -2.51. The summed E-state index contributed by atoms with van der Waals surface area (Å²) < 4.78 is 26.8. The van der Waals surface area contributed by atoms with Gasteiger partial charge in [0.15, 0.2) is 0 Å². The number of aliphatic hydroxyl groups excluding tert-OH is 1. The third kappa shape index (κ3) is 5.82. The van der Waals surface area contributed by atoms with Crippen LogP contribution < -0.4 is 0 Å². The number of amides is 1. The Morgan fingerprint density at radius 2 is 1.77 bits per heavy atom. The van der Waals surface area contributed by atoms with Gasteiger partial charge in [-0.2, -0.15) is 4.31 Å². The Labute approximate surface area is 184 Å². The molecule has 1 saturated heterocycles. The maximum Gasteiger partial charge on any atom is 0.270 e.